The van der Waals surface area contributed by atoms with Crippen LogP contribution < -0.4 is 0 Å². The lowest BCUT2D eigenvalue weighted by Crippen LogP contribution is -2.55. The predicted molar refractivity (Wildman–Crippen MR) is 95.0 cm³/mol. The molecule has 5 rings (SSSR count). The molecule has 4 aliphatic rings. The van der Waals surface area contributed by atoms with Crippen LogP contribution in [0.3, 0.4) is 0 Å². The number of fused-ring (bicyclic) bond motifs is 3. The number of aryl methyl sites for hydroxylation is 1. The first-order valence-electron chi connectivity index (χ1n) is 10.1. The Hall–Kier alpha value is -1.02. The van der Waals surface area contributed by atoms with Crippen LogP contribution in [0.5, 0.6) is 5.75 Å². The zero-order chi connectivity index (χ0) is 16.5. The van der Waals surface area contributed by atoms with Crippen LogP contribution in [-0.2, 0) is 6.42 Å². The van der Waals surface area contributed by atoms with E-state index in [-0.39, 0.29) is 11.5 Å². The fourth-order valence-corrected chi connectivity index (χ4v) is 7.83. The quantitative estimate of drug-likeness (QED) is 0.720. The lowest BCUT2D eigenvalue weighted by atomic mass is 9.43. The molecule has 2 heteroatoms. The van der Waals surface area contributed by atoms with Gasteiger partial charge in [-0.1, -0.05) is 25.8 Å². The molecule has 0 heterocycles. The molecule has 0 aliphatic heterocycles. The van der Waals surface area contributed by atoms with Crippen LogP contribution in [0.2, 0.25) is 0 Å². The molecule has 0 radical (unpaired) electrons. The lowest BCUT2D eigenvalue weighted by Gasteiger charge is -2.61. The van der Waals surface area contributed by atoms with Gasteiger partial charge in [0.2, 0.25) is 0 Å². The van der Waals surface area contributed by atoms with E-state index in [2.05, 4.69) is 13.0 Å². The Bertz CT molecular complexity index is 668. The largest absolute Gasteiger partial charge is 0.508 e. The van der Waals surface area contributed by atoms with Crippen LogP contribution in [0.25, 0.3) is 0 Å². The Balaban J connectivity index is 1.63. The molecule has 3 fully saturated rings. The van der Waals surface area contributed by atoms with Crippen molar-refractivity contribution in [3.05, 3.63) is 29.3 Å². The SMILES string of the molecule is C[C@]12CC[C@@H]3c4ccc(O)cc4CC[C@H]3[C@]13CCCC[C@H]3C[C@H]2O. The number of benzene rings is 1. The van der Waals surface area contributed by atoms with Gasteiger partial charge in [0.25, 0.3) is 0 Å². The average molecular weight is 326 g/mol. The summed E-state index contributed by atoms with van der Waals surface area (Å²) in [4.78, 5) is 0. The molecule has 6 atom stereocenters. The van der Waals surface area contributed by atoms with Crippen molar-refractivity contribution in [3.63, 3.8) is 0 Å². The lowest BCUT2D eigenvalue weighted by molar-refractivity contribution is -0.126. The first kappa shape index (κ1) is 15.3. The highest BCUT2D eigenvalue weighted by molar-refractivity contribution is 5.41. The minimum atomic E-state index is -0.0947. The molecule has 1 aromatic carbocycles. The normalized spacial score (nSPS) is 46.6. The Morgan fingerprint density at radius 1 is 1.08 bits per heavy atom. The third kappa shape index (κ3) is 1.71. The summed E-state index contributed by atoms with van der Waals surface area (Å²) in [5.74, 6) is 2.53. The summed E-state index contributed by atoms with van der Waals surface area (Å²) in [7, 11) is 0. The molecule has 3 saturated carbocycles. The molecule has 1 spiro atoms. The van der Waals surface area contributed by atoms with Crippen molar-refractivity contribution >= 4 is 0 Å². The molecule has 2 nitrogen and oxygen atoms in total. The maximum absolute atomic E-state index is 11.0. The summed E-state index contributed by atoms with van der Waals surface area (Å²) < 4.78 is 0. The zero-order valence-electron chi connectivity index (χ0n) is 14.8. The van der Waals surface area contributed by atoms with Crippen LogP contribution >= 0.6 is 0 Å². The van der Waals surface area contributed by atoms with E-state index in [0.29, 0.717) is 17.1 Å². The Morgan fingerprint density at radius 3 is 2.83 bits per heavy atom. The van der Waals surface area contributed by atoms with Crippen molar-refractivity contribution in [1.82, 2.24) is 0 Å². The maximum Gasteiger partial charge on any atom is 0.115 e. The Labute approximate surface area is 145 Å². The molecular formula is C22H30O2. The van der Waals surface area contributed by atoms with Gasteiger partial charge in [-0.3, -0.25) is 0 Å². The number of hydrogen-bond acceptors (Lipinski definition) is 2. The Morgan fingerprint density at radius 2 is 1.96 bits per heavy atom. The van der Waals surface area contributed by atoms with Gasteiger partial charge >= 0.3 is 0 Å². The van der Waals surface area contributed by atoms with Crippen molar-refractivity contribution in [3.8, 4) is 5.75 Å². The van der Waals surface area contributed by atoms with Gasteiger partial charge in [-0.25, -0.2) is 0 Å². The summed E-state index contributed by atoms with van der Waals surface area (Å²) in [6.07, 6.45) is 11.1. The number of phenolic OH excluding ortho intramolecular Hbond substituents is 1. The molecule has 0 amide bonds. The van der Waals surface area contributed by atoms with Gasteiger partial charge in [0.1, 0.15) is 5.75 Å². The van der Waals surface area contributed by atoms with Gasteiger partial charge in [-0.2, -0.15) is 0 Å². The van der Waals surface area contributed by atoms with Gasteiger partial charge in [-0.05, 0) is 96.8 Å². The molecule has 4 aliphatic carbocycles. The highest BCUT2D eigenvalue weighted by Gasteiger charge is 2.68. The summed E-state index contributed by atoms with van der Waals surface area (Å²) >= 11 is 0. The number of phenols is 1. The molecule has 130 valence electrons. The van der Waals surface area contributed by atoms with Crippen molar-refractivity contribution in [2.24, 2.45) is 22.7 Å². The van der Waals surface area contributed by atoms with E-state index in [0.717, 1.165) is 24.7 Å². The monoisotopic (exact) mass is 326 g/mol. The molecule has 24 heavy (non-hydrogen) atoms. The predicted octanol–water partition coefficient (Wildman–Crippen LogP) is 4.78. The van der Waals surface area contributed by atoms with E-state index < -0.39 is 0 Å². The summed E-state index contributed by atoms with van der Waals surface area (Å²) in [6.45, 7) is 2.42. The molecular weight excluding hydrogens is 296 g/mol. The van der Waals surface area contributed by atoms with Crippen molar-refractivity contribution in [2.75, 3.05) is 0 Å². The maximum atomic E-state index is 11.0. The van der Waals surface area contributed by atoms with E-state index in [1.165, 1.54) is 56.1 Å². The molecule has 2 N–H and O–H groups in total. The third-order valence-electron chi connectivity index (χ3n) is 8.80. The van der Waals surface area contributed by atoms with E-state index in [1.807, 2.05) is 12.1 Å². The Kier molecular flexibility index (Phi) is 3.18. The number of rotatable bonds is 0. The first-order valence-corrected chi connectivity index (χ1v) is 10.1. The smallest absolute Gasteiger partial charge is 0.115 e. The van der Waals surface area contributed by atoms with E-state index in [9.17, 15) is 10.2 Å². The van der Waals surface area contributed by atoms with Crippen LogP contribution in [0.4, 0.5) is 0 Å². The fraction of sp³-hybridized carbons (Fsp3) is 0.727. The van der Waals surface area contributed by atoms with Crippen molar-refractivity contribution in [2.45, 2.75) is 76.7 Å². The number of aliphatic hydroxyl groups excluding tert-OH is 1. The molecule has 0 unspecified atom stereocenters. The van der Waals surface area contributed by atoms with Crippen molar-refractivity contribution < 1.29 is 10.2 Å². The van der Waals surface area contributed by atoms with Gasteiger partial charge in [0.15, 0.2) is 0 Å². The van der Waals surface area contributed by atoms with Gasteiger partial charge in [-0.15, -0.1) is 0 Å². The minimum absolute atomic E-state index is 0.0947. The average Bonchev–Trinajstić information content (AvgIpc) is 2.82. The first-order chi connectivity index (χ1) is 11.6. The summed E-state index contributed by atoms with van der Waals surface area (Å²) in [5.41, 5.74) is 3.38. The van der Waals surface area contributed by atoms with Crippen LogP contribution in [0.1, 0.15) is 75.3 Å². The van der Waals surface area contributed by atoms with E-state index in [4.69, 9.17) is 0 Å². The standard InChI is InChI=1S/C22H30O2/c1-21-11-9-18-17-7-6-16(23)12-14(17)5-8-19(18)22(21)10-3-2-4-15(22)13-20(21)24/h6-7,12,15,18-20,23-24H,2-5,8-11,13H2,1H3/t15-,18+,19+,20+,21+,22+/m0/s1. The van der Waals surface area contributed by atoms with Gasteiger partial charge in [0, 0.05) is 0 Å². The molecule has 1 aromatic rings. The molecule has 0 aromatic heterocycles. The highest BCUT2D eigenvalue weighted by atomic mass is 16.3. The summed E-state index contributed by atoms with van der Waals surface area (Å²) in [5, 5.41) is 20.9. The topological polar surface area (TPSA) is 40.5 Å². The molecule has 0 bridgehead atoms. The second-order valence-corrected chi connectivity index (χ2v) is 9.33. The van der Waals surface area contributed by atoms with Gasteiger partial charge in [0.05, 0.1) is 6.10 Å². The van der Waals surface area contributed by atoms with Gasteiger partial charge < -0.3 is 10.2 Å². The molecule has 0 saturated heterocycles. The minimum Gasteiger partial charge on any atom is -0.508 e. The van der Waals surface area contributed by atoms with E-state index in [1.54, 1.807) is 0 Å². The second-order valence-electron chi connectivity index (χ2n) is 9.33. The van der Waals surface area contributed by atoms with Crippen LogP contribution in [0.15, 0.2) is 18.2 Å². The zero-order valence-corrected chi connectivity index (χ0v) is 14.8. The number of aliphatic hydroxyl groups is 1. The van der Waals surface area contributed by atoms with E-state index >= 15 is 0 Å². The van der Waals surface area contributed by atoms with Crippen LogP contribution in [-0.4, -0.2) is 16.3 Å². The third-order valence-corrected chi connectivity index (χ3v) is 8.80. The van der Waals surface area contributed by atoms with Crippen LogP contribution in [0, 0.1) is 22.7 Å². The summed E-state index contributed by atoms with van der Waals surface area (Å²) in [6, 6.07) is 6.08. The number of hydrogen-bond donors (Lipinski definition) is 2. The number of aromatic hydroxyl groups is 1. The highest BCUT2D eigenvalue weighted by Crippen LogP contribution is 2.73. The fourth-order valence-electron chi connectivity index (χ4n) is 7.83. The second kappa shape index (κ2) is 5.00. The van der Waals surface area contributed by atoms with Crippen molar-refractivity contribution in [1.29, 1.82) is 0 Å².